The Labute approximate surface area is 125 Å². The van der Waals surface area contributed by atoms with E-state index in [9.17, 15) is 27.9 Å². The molecule has 0 aliphatic heterocycles. The highest BCUT2D eigenvalue weighted by atomic mass is 79.9. The van der Waals surface area contributed by atoms with Gasteiger partial charge in [-0.3, -0.25) is 4.79 Å². The zero-order valence-electron chi connectivity index (χ0n) is 10.6. The molecule has 9 heteroatoms. The van der Waals surface area contributed by atoms with Crippen molar-refractivity contribution in [3.63, 3.8) is 0 Å². The number of hydrogen-bond donors (Lipinski definition) is 3. The van der Waals surface area contributed by atoms with Crippen LogP contribution in [0.3, 0.4) is 0 Å². The van der Waals surface area contributed by atoms with Crippen molar-refractivity contribution < 1.29 is 33.0 Å². The van der Waals surface area contributed by atoms with E-state index in [-0.39, 0.29) is 10.0 Å². The molecule has 2 unspecified atom stereocenters. The number of benzene rings is 1. The zero-order chi connectivity index (χ0) is 16.4. The monoisotopic (exact) mass is 369 g/mol. The first-order valence-electron chi connectivity index (χ1n) is 5.62. The molecule has 0 radical (unpaired) electrons. The molecule has 0 saturated heterocycles. The summed E-state index contributed by atoms with van der Waals surface area (Å²) in [7, 11) is 0. The van der Waals surface area contributed by atoms with Gasteiger partial charge in [0.2, 0.25) is 0 Å². The molecule has 1 aromatic carbocycles. The smallest absolute Gasteiger partial charge is 0.417 e. The summed E-state index contributed by atoms with van der Waals surface area (Å²) >= 11 is 2.73. The lowest BCUT2D eigenvalue weighted by molar-refractivity contribution is -0.142. The molecule has 1 amide bonds. The standard InChI is InChI=1S/C12H11BrF3NO4/c1-5(18)9(11(20)21)17-10(19)6-2-3-8(13)7(4-6)12(14,15)16/h2-5,9,18H,1H3,(H,17,19)(H,20,21). The van der Waals surface area contributed by atoms with Crippen LogP contribution in [0.25, 0.3) is 0 Å². The molecule has 0 heterocycles. The average molecular weight is 370 g/mol. The Morgan fingerprint density at radius 2 is 1.90 bits per heavy atom. The highest BCUT2D eigenvalue weighted by Gasteiger charge is 2.34. The van der Waals surface area contributed by atoms with E-state index in [4.69, 9.17) is 5.11 Å². The van der Waals surface area contributed by atoms with Crippen LogP contribution >= 0.6 is 15.9 Å². The van der Waals surface area contributed by atoms with E-state index < -0.39 is 35.8 Å². The van der Waals surface area contributed by atoms with Gasteiger partial charge in [0.15, 0.2) is 6.04 Å². The maximum Gasteiger partial charge on any atom is 0.417 e. The molecular formula is C12H11BrF3NO4. The third-order valence-electron chi connectivity index (χ3n) is 2.57. The van der Waals surface area contributed by atoms with E-state index in [1.54, 1.807) is 0 Å². The summed E-state index contributed by atoms with van der Waals surface area (Å²) in [5.74, 6) is -2.52. The summed E-state index contributed by atoms with van der Waals surface area (Å²) in [6, 6.07) is 1.13. The summed E-state index contributed by atoms with van der Waals surface area (Å²) in [5.41, 5.74) is -1.42. The Hall–Kier alpha value is -1.61. The first-order valence-corrected chi connectivity index (χ1v) is 6.42. The van der Waals surface area contributed by atoms with Crippen molar-refractivity contribution in [1.82, 2.24) is 5.32 Å². The zero-order valence-corrected chi connectivity index (χ0v) is 12.2. The molecule has 2 atom stereocenters. The lowest BCUT2D eigenvalue weighted by Crippen LogP contribution is -2.47. The van der Waals surface area contributed by atoms with Crippen LogP contribution in [-0.2, 0) is 11.0 Å². The summed E-state index contributed by atoms with van der Waals surface area (Å²) in [6.07, 6.45) is -6.06. The van der Waals surface area contributed by atoms with Crippen molar-refractivity contribution in [2.75, 3.05) is 0 Å². The number of aliphatic carboxylic acids is 1. The normalized spacial score (nSPS) is 14.4. The van der Waals surface area contributed by atoms with Crippen molar-refractivity contribution in [2.24, 2.45) is 0 Å². The second-order valence-corrected chi connectivity index (χ2v) is 5.08. The van der Waals surface area contributed by atoms with Gasteiger partial charge in [-0.15, -0.1) is 0 Å². The summed E-state index contributed by atoms with van der Waals surface area (Å²) in [5, 5.41) is 20.0. The van der Waals surface area contributed by atoms with Crippen LogP contribution in [0, 0.1) is 0 Å². The Morgan fingerprint density at radius 3 is 2.33 bits per heavy atom. The number of nitrogens with one attached hydrogen (secondary N) is 1. The van der Waals surface area contributed by atoms with Gasteiger partial charge < -0.3 is 15.5 Å². The minimum atomic E-state index is -4.66. The number of halogens is 4. The molecule has 1 rings (SSSR count). The van der Waals surface area contributed by atoms with E-state index in [1.165, 1.54) is 0 Å². The fourth-order valence-corrected chi connectivity index (χ4v) is 1.97. The fourth-order valence-electron chi connectivity index (χ4n) is 1.50. The number of carboxylic acids is 1. The number of carbonyl (C=O) groups is 2. The van der Waals surface area contributed by atoms with Gasteiger partial charge in [-0.1, -0.05) is 15.9 Å². The van der Waals surface area contributed by atoms with Crippen LogP contribution in [0.15, 0.2) is 22.7 Å². The van der Waals surface area contributed by atoms with Crippen LogP contribution in [0.4, 0.5) is 13.2 Å². The summed E-state index contributed by atoms with van der Waals surface area (Å²) < 4.78 is 37.9. The van der Waals surface area contributed by atoms with Crippen molar-refractivity contribution in [3.05, 3.63) is 33.8 Å². The molecule has 0 aromatic heterocycles. The Morgan fingerprint density at radius 1 is 1.33 bits per heavy atom. The molecule has 0 aliphatic rings. The number of aliphatic hydroxyl groups excluding tert-OH is 1. The quantitative estimate of drug-likeness (QED) is 0.757. The van der Waals surface area contributed by atoms with E-state index in [1.807, 2.05) is 5.32 Å². The van der Waals surface area contributed by atoms with Gasteiger partial charge >= 0.3 is 12.1 Å². The van der Waals surface area contributed by atoms with Crippen molar-refractivity contribution in [3.8, 4) is 0 Å². The molecule has 5 nitrogen and oxygen atoms in total. The van der Waals surface area contributed by atoms with E-state index in [2.05, 4.69) is 15.9 Å². The molecule has 0 saturated carbocycles. The molecular weight excluding hydrogens is 359 g/mol. The Kier molecular flexibility index (Phi) is 5.35. The van der Waals surface area contributed by atoms with Gasteiger partial charge in [0, 0.05) is 10.0 Å². The molecule has 0 fully saturated rings. The third-order valence-corrected chi connectivity index (χ3v) is 3.26. The number of alkyl halides is 3. The lowest BCUT2D eigenvalue weighted by Gasteiger charge is -2.17. The molecule has 3 N–H and O–H groups in total. The largest absolute Gasteiger partial charge is 0.480 e. The topological polar surface area (TPSA) is 86.6 Å². The first-order chi connectivity index (χ1) is 9.54. The number of carboxylic acid groups (broad SMARTS) is 1. The SMILES string of the molecule is CC(O)C(NC(=O)c1ccc(Br)c(C(F)(F)F)c1)C(=O)O. The van der Waals surface area contributed by atoms with E-state index in [0.29, 0.717) is 6.07 Å². The van der Waals surface area contributed by atoms with Crippen molar-refractivity contribution in [2.45, 2.75) is 25.2 Å². The number of amides is 1. The predicted molar refractivity (Wildman–Crippen MR) is 69.7 cm³/mol. The Bertz CT molecular complexity index is 560. The minimum absolute atomic E-state index is 0.239. The third kappa shape index (κ3) is 4.43. The molecule has 1 aromatic rings. The van der Waals surface area contributed by atoms with Crippen molar-refractivity contribution >= 4 is 27.8 Å². The highest BCUT2D eigenvalue weighted by Crippen LogP contribution is 2.35. The average Bonchev–Trinajstić information content (AvgIpc) is 2.33. The number of hydrogen-bond acceptors (Lipinski definition) is 3. The maximum absolute atomic E-state index is 12.7. The van der Waals surface area contributed by atoms with Crippen molar-refractivity contribution in [1.29, 1.82) is 0 Å². The van der Waals surface area contributed by atoms with Crippen LogP contribution in [-0.4, -0.2) is 34.2 Å². The molecule has 0 spiro atoms. The molecule has 0 bridgehead atoms. The second-order valence-electron chi connectivity index (χ2n) is 4.22. The minimum Gasteiger partial charge on any atom is -0.480 e. The van der Waals surface area contributed by atoms with Gasteiger partial charge in [-0.25, -0.2) is 4.79 Å². The van der Waals surface area contributed by atoms with Gasteiger partial charge in [0.25, 0.3) is 5.91 Å². The van der Waals surface area contributed by atoms with Crippen LogP contribution < -0.4 is 5.32 Å². The van der Waals surface area contributed by atoms with Crippen LogP contribution in [0.2, 0.25) is 0 Å². The van der Waals surface area contributed by atoms with Gasteiger partial charge in [0.1, 0.15) is 0 Å². The fraction of sp³-hybridized carbons (Fsp3) is 0.333. The highest BCUT2D eigenvalue weighted by molar-refractivity contribution is 9.10. The van der Waals surface area contributed by atoms with Gasteiger partial charge in [0.05, 0.1) is 11.7 Å². The van der Waals surface area contributed by atoms with Gasteiger partial charge in [-0.05, 0) is 25.1 Å². The van der Waals surface area contributed by atoms with Crippen LogP contribution in [0.1, 0.15) is 22.8 Å². The van der Waals surface area contributed by atoms with E-state index >= 15 is 0 Å². The van der Waals surface area contributed by atoms with Crippen LogP contribution in [0.5, 0.6) is 0 Å². The predicted octanol–water partition coefficient (Wildman–Crippen LogP) is 2.03. The summed E-state index contributed by atoms with van der Waals surface area (Å²) in [4.78, 5) is 22.6. The Balaban J connectivity index is 3.06. The number of carbonyl (C=O) groups excluding carboxylic acids is 1. The molecule has 0 aliphatic carbocycles. The van der Waals surface area contributed by atoms with Gasteiger partial charge in [-0.2, -0.15) is 13.2 Å². The maximum atomic E-state index is 12.7. The first kappa shape index (κ1) is 17.4. The summed E-state index contributed by atoms with van der Waals surface area (Å²) in [6.45, 7) is 1.14. The number of rotatable bonds is 4. The second kappa shape index (κ2) is 6.44. The molecule has 21 heavy (non-hydrogen) atoms. The van der Waals surface area contributed by atoms with E-state index in [0.717, 1.165) is 19.1 Å². The number of aliphatic hydroxyl groups is 1. The molecule has 116 valence electrons. The lowest BCUT2D eigenvalue weighted by atomic mass is 10.1.